The summed E-state index contributed by atoms with van der Waals surface area (Å²) < 4.78 is 37.7. The Morgan fingerprint density at radius 3 is 1.65 bits per heavy atom. The van der Waals surface area contributed by atoms with Crippen molar-refractivity contribution in [2.75, 3.05) is 21.2 Å². The standard InChI is InChI=1S/C27H23FN2O3.C19H15FN2O2/c1-30-15-21-13-20-12-19(11-17-3-7-22(28)8-4-17)14-29-25(20)26(24(21)27(30)31)33-16-18-5-9-23(32-2)10-6-18;1-22-10-14-8-13-7-12(6-11-2-4-15(20)5-3-11)9-21-17(13)18(23)16(14)19(22)24/h3-10,12-14H,11,15-16H2,1-2H3;2-5,7-9,23H,6,10H2,1H3. The van der Waals surface area contributed by atoms with Crippen molar-refractivity contribution in [3.8, 4) is 17.2 Å². The minimum absolute atomic E-state index is 0.0508. The maximum absolute atomic E-state index is 13.2. The van der Waals surface area contributed by atoms with Crippen molar-refractivity contribution < 1.29 is 33.0 Å². The first-order valence-corrected chi connectivity index (χ1v) is 18.4. The summed E-state index contributed by atoms with van der Waals surface area (Å²) in [5, 5.41) is 12.1. The number of hydrogen-bond acceptors (Lipinski definition) is 7. The molecule has 9 rings (SSSR count). The van der Waals surface area contributed by atoms with Gasteiger partial charge >= 0.3 is 0 Å². The molecule has 2 aliphatic rings. The molecular formula is C46H38F2N4O5. The third-order valence-corrected chi connectivity index (χ3v) is 10.3. The number of aromatic nitrogens is 2. The van der Waals surface area contributed by atoms with E-state index < -0.39 is 0 Å². The second-order valence-corrected chi connectivity index (χ2v) is 14.4. The number of nitrogens with zero attached hydrogens (tertiary/aromatic N) is 4. The van der Waals surface area contributed by atoms with E-state index in [2.05, 4.69) is 16.0 Å². The Labute approximate surface area is 327 Å². The summed E-state index contributed by atoms with van der Waals surface area (Å²) >= 11 is 0. The number of benzene rings is 5. The van der Waals surface area contributed by atoms with E-state index in [-0.39, 0.29) is 29.2 Å². The zero-order valence-electron chi connectivity index (χ0n) is 31.6. The topological polar surface area (TPSA) is 105 Å². The molecule has 57 heavy (non-hydrogen) atoms. The van der Waals surface area contributed by atoms with Crippen LogP contribution in [0.5, 0.6) is 17.2 Å². The quantitative estimate of drug-likeness (QED) is 0.166. The SMILES string of the molecule is CN1Cc2cc3cc(Cc4ccc(F)cc4)cnc3c(O)c2C1=O.COc1ccc(COc2c3c(cc4cc(Cc5ccc(F)cc5)cnc24)CN(C)C3=O)cc1. The van der Waals surface area contributed by atoms with Gasteiger partial charge in [0.25, 0.3) is 11.8 Å². The molecule has 0 spiro atoms. The van der Waals surface area contributed by atoms with E-state index in [0.717, 1.165) is 55.5 Å². The lowest BCUT2D eigenvalue weighted by Gasteiger charge is -2.14. The van der Waals surface area contributed by atoms with Crippen LogP contribution in [0.3, 0.4) is 0 Å². The van der Waals surface area contributed by atoms with Gasteiger partial charge in [-0.3, -0.25) is 19.6 Å². The predicted molar refractivity (Wildman–Crippen MR) is 212 cm³/mol. The van der Waals surface area contributed by atoms with Crippen LogP contribution >= 0.6 is 0 Å². The Hall–Kier alpha value is -6.88. The number of pyridine rings is 2. The molecule has 11 heteroatoms. The summed E-state index contributed by atoms with van der Waals surface area (Å²) in [7, 11) is 5.12. The predicted octanol–water partition coefficient (Wildman–Crippen LogP) is 8.39. The number of carbonyl (C=O) groups excluding carboxylic acids is 2. The first-order chi connectivity index (χ1) is 27.5. The molecule has 1 N–H and O–H groups in total. The van der Waals surface area contributed by atoms with Gasteiger partial charge in [-0.05, 0) is 112 Å². The van der Waals surface area contributed by atoms with Gasteiger partial charge in [-0.25, -0.2) is 8.78 Å². The van der Waals surface area contributed by atoms with E-state index in [0.29, 0.717) is 60.4 Å². The Bertz CT molecular complexity index is 2670. The van der Waals surface area contributed by atoms with Crippen LogP contribution in [0.15, 0.2) is 109 Å². The first-order valence-electron chi connectivity index (χ1n) is 18.4. The molecule has 0 aliphatic carbocycles. The van der Waals surface area contributed by atoms with E-state index >= 15 is 0 Å². The summed E-state index contributed by atoms with van der Waals surface area (Å²) in [6.07, 6.45) is 4.74. The Morgan fingerprint density at radius 1 is 0.632 bits per heavy atom. The normalized spacial score (nSPS) is 13.1. The van der Waals surface area contributed by atoms with Gasteiger partial charge < -0.3 is 24.4 Å². The number of carbonyl (C=O) groups is 2. The van der Waals surface area contributed by atoms with Gasteiger partial charge in [0, 0.05) is 50.4 Å². The van der Waals surface area contributed by atoms with Crippen molar-refractivity contribution >= 4 is 33.6 Å². The van der Waals surface area contributed by atoms with Gasteiger partial charge in [-0.1, -0.05) is 36.4 Å². The van der Waals surface area contributed by atoms with Gasteiger partial charge in [0.05, 0.1) is 18.2 Å². The van der Waals surface area contributed by atoms with E-state index in [1.807, 2.05) is 42.5 Å². The Balaban J connectivity index is 0.000000168. The third kappa shape index (κ3) is 7.56. The number of phenols is 1. The lowest BCUT2D eigenvalue weighted by atomic mass is 10.0. The molecule has 0 bridgehead atoms. The van der Waals surface area contributed by atoms with E-state index in [9.17, 15) is 23.5 Å². The van der Waals surface area contributed by atoms with Crippen LogP contribution in [0.1, 0.15) is 59.7 Å². The lowest BCUT2D eigenvalue weighted by molar-refractivity contribution is 0.0806. The average Bonchev–Trinajstić information content (AvgIpc) is 3.66. The number of methoxy groups -OCH3 is 1. The molecule has 0 atom stereocenters. The van der Waals surface area contributed by atoms with Crippen molar-refractivity contribution in [3.63, 3.8) is 0 Å². The molecule has 4 heterocycles. The summed E-state index contributed by atoms with van der Waals surface area (Å²) in [6, 6.07) is 28.4. The van der Waals surface area contributed by atoms with Crippen LogP contribution in [0.2, 0.25) is 0 Å². The molecule has 2 aliphatic heterocycles. The van der Waals surface area contributed by atoms with Gasteiger partial charge in [-0.2, -0.15) is 0 Å². The van der Waals surface area contributed by atoms with Crippen molar-refractivity contribution in [2.24, 2.45) is 0 Å². The highest BCUT2D eigenvalue weighted by atomic mass is 19.1. The minimum Gasteiger partial charge on any atom is -0.505 e. The van der Waals surface area contributed by atoms with E-state index in [1.165, 1.54) is 24.3 Å². The molecule has 2 amide bonds. The van der Waals surface area contributed by atoms with E-state index in [4.69, 9.17) is 9.47 Å². The monoisotopic (exact) mass is 764 g/mol. The molecule has 2 aromatic heterocycles. The summed E-state index contributed by atoms with van der Waals surface area (Å²) in [4.78, 5) is 37.2. The number of rotatable bonds is 8. The second-order valence-electron chi connectivity index (χ2n) is 14.4. The number of halogens is 2. The van der Waals surface area contributed by atoms with Crippen LogP contribution in [-0.2, 0) is 32.5 Å². The van der Waals surface area contributed by atoms with E-state index in [1.54, 1.807) is 67.7 Å². The molecule has 0 fully saturated rings. The molecular weight excluding hydrogens is 727 g/mol. The number of fused-ring (bicyclic) bond motifs is 4. The van der Waals surface area contributed by atoms with Gasteiger partial charge in [-0.15, -0.1) is 0 Å². The largest absolute Gasteiger partial charge is 0.505 e. The van der Waals surface area contributed by atoms with Crippen LogP contribution in [0.25, 0.3) is 21.8 Å². The molecule has 0 radical (unpaired) electrons. The number of amides is 2. The second kappa shape index (κ2) is 15.3. The molecule has 0 saturated heterocycles. The maximum Gasteiger partial charge on any atom is 0.258 e. The first kappa shape index (κ1) is 37.1. The number of aromatic hydroxyl groups is 1. The summed E-state index contributed by atoms with van der Waals surface area (Å²) in [6.45, 7) is 1.33. The van der Waals surface area contributed by atoms with Crippen LogP contribution in [0, 0.1) is 11.6 Å². The average molecular weight is 765 g/mol. The summed E-state index contributed by atoms with van der Waals surface area (Å²) in [5.41, 5.74) is 8.69. The molecule has 7 aromatic rings. The van der Waals surface area contributed by atoms with Gasteiger partial charge in [0.2, 0.25) is 0 Å². The smallest absolute Gasteiger partial charge is 0.258 e. The zero-order valence-corrected chi connectivity index (χ0v) is 31.6. The minimum atomic E-state index is -0.260. The highest BCUT2D eigenvalue weighted by molar-refractivity contribution is 6.07. The van der Waals surface area contributed by atoms with Gasteiger partial charge in [0.1, 0.15) is 35.0 Å². The maximum atomic E-state index is 13.2. The van der Waals surface area contributed by atoms with Crippen LogP contribution < -0.4 is 9.47 Å². The molecule has 5 aromatic carbocycles. The number of phenolic OH excluding ortho intramolecular Hbond substituents is 1. The highest BCUT2D eigenvalue weighted by Crippen LogP contribution is 2.38. The van der Waals surface area contributed by atoms with Crippen molar-refractivity contribution in [1.82, 2.24) is 19.8 Å². The molecule has 9 nitrogen and oxygen atoms in total. The highest BCUT2D eigenvalue weighted by Gasteiger charge is 2.31. The van der Waals surface area contributed by atoms with Crippen LogP contribution in [-0.4, -0.2) is 57.9 Å². The number of ether oxygens (including phenoxy) is 2. The van der Waals surface area contributed by atoms with Crippen molar-refractivity contribution in [2.45, 2.75) is 32.5 Å². The fourth-order valence-electron chi connectivity index (χ4n) is 7.36. The third-order valence-electron chi connectivity index (χ3n) is 10.3. The fraction of sp³-hybridized carbons (Fsp3) is 0.174. The molecule has 0 saturated carbocycles. The van der Waals surface area contributed by atoms with Gasteiger partial charge in [0.15, 0.2) is 11.5 Å². The Morgan fingerprint density at radius 2 is 1.11 bits per heavy atom. The molecule has 286 valence electrons. The fourth-order valence-corrected chi connectivity index (χ4v) is 7.36. The Kier molecular flexibility index (Phi) is 9.97. The molecule has 0 unspecified atom stereocenters. The summed E-state index contributed by atoms with van der Waals surface area (Å²) in [5.74, 6) is 0.488. The zero-order chi connectivity index (χ0) is 39.8. The number of hydrogen-bond donors (Lipinski definition) is 1. The van der Waals surface area contributed by atoms with Crippen molar-refractivity contribution in [3.05, 3.63) is 171 Å². The van der Waals surface area contributed by atoms with Crippen molar-refractivity contribution in [1.29, 1.82) is 0 Å². The lowest BCUT2D eigenvalue weighted by Crippen LogP contribution is -2.18. The van der Waals surface area contributed by atoms with Crippen LogP contribution in [0.4, 0.5) is 8.78 Å².